The SMILES string of the molecule is CCCC(C(N)=O)C(CC(C)C)C(=O)N1CCN(c2ccccn2)CC1. The van der Waals surface area contributed by atoms with E-state index >= 15 is 0 Å². The van der Waals surface area contributed by atoms with Crippen LogP contribution in [0.3, 0.4) is 0 Å². The number of amides is 2. The van der Waals surface area contributed by atoms with Crippen molar-refractivity contribution in [2.45, 2.75) is 40.0 Å². The van der Waals surface area contributed by atoms with Gasteiger partial charge in [-0.1, -0.05) is 33.3 Å². The van der Waals surface area contributed by atoms with Gasteiger partial charge in [-0.3, -0.25) is 9.59 Å². The molecule has 2 atom stereocenters. The van der Waals surface area contributed by atoms with Crippen molar-refractivity contribution < 1.29 is 9.59 Å². The molecule has 1 aliphatic rings. The Bertz CT molecular complexity index is 583. The highest BCUT2D eigenvalue weighted by atomic mass is 16.2. The molecule has 2 unspecified atom stereocenters. The highest BCUT2D eigenvalue weighted by molar-refractivity contribution is 5.87. The Morgan fingerprint density at radius 3 is 2.35 bits per heavy atom. The van der Waals surface area contributed by atoms with E-state index < -0.39 is 0 Å². The van der Waals surface area contributed by atoms with Gasteiger partial charge in [0.25, 0.3) is 0 Å². The molecule has 1 aromatic rings. The predicted octanol–water partition coefficient (Wildman–Crippen LogP) is 2.29. The number of carbonyl (C=O) groups is 2. The number of nitrogens with zero attached hydrogens (tertiary/aromatic N) is 3. The number of rotatable bonds is 8. The first-order chi connectivity index (χ1) is 12.4. The summed E-state index contributed by atoms with van der Waals surface area (Å²) in [5.41, 5.74) is 5.64. The fourth-order valence-corrected chi connectivity index (χ4v) is 3.73. The van der Waals surface area contributed by atoms with Crippen LogP contribution in [0.2, 0.25) is 0 Å². The Morgan fingerprint density at radius 2 is 1.85 bits per heavy atom. The minimum absolute atomic E-state index is 0.0802. The van der Waals surface area contributed by atoms with E-state index in [1.165, 1.54) is 0 Å². The average Bonchev–Trinajstić information content (AvgIpc) is 2.64. The Balaban J connectivity index is 2.05. The van der Waals surface area contributed by atoms with Crippen LogP contribution < -0.4 is 10.6 Å². The van der Waals surface area contributed by atoms with Crippen molar-refractivity contribution in [2.75, 3.05) is 31.1 Å². The molecule has 0 aliphatic carbocycles. The maximum atomic E-state index is 13.2. The molecule has 0 spiro atoms. The molecule has 2 heterocycles. The van der Waals surface area contributed by atoms with Crippen LogP contribution in [0.4, 0.5) is 5.82 Å². The van der Waals surface area contributed by atoms with Crippen LogP contribution >= 0.6 is 0 Å². The highest BCUT2D eigenvalue weighted by Crippen LogP contribution is 2.27. The summed E-state index contributed by atoms with van der Waals surface area (Å²) in [6, 6.07) is 5.86. The molecule has 2 N–H and O–H groups in total. The van der Waals surface area contributed by atoms with Gasteiger partial charge >= 0.3 is 0 Å². The van der Waals surface area contributed by atoms with E-state index in [2.05, 4.69) is 23.7 Å². The normalized spacial score (nSPS) is 17.2. The number of hydrogen-bond donors (Lipinski definition) is 1. The molecule has 2 amide bonds. The third-order valence-electron chi connectivity index (χ3n) is 5.06. The summed E-state index contributed by atoms with van der Waals surface area (Å²) in [5, 5.41) is 0. The van der Waals surface area contributed by atoms with E-state index in [4.69, 9.17) is 5.73 Å². The van der Waals surface area contributed by atoms with Gasteiger partial charge in [0, 0.05) is 44.2 Å². The molecule has 2 rings (SSSR count). The smallest absolute Gasteiger partial charge is 0.226 e. The summed E-state index contributed by atoms with van der Waals surface area (Å²) in [5.74, 6) is 0.337. The van der Waals surface area contributed by atoms with Crippen LogP contribution in [-0.4, -0.2) is 47.9 Å². The number of aromatic nitrogens is 1. The van der Waals surface area contributed by atoms with Crippen molar-refractivity contribution in [3.05, 3.63) is 24.4 Å². The lowest BCUT2D eigenvalue weighted by Crippen LogP contribution is -2.52. The van der Waals surface area contributed by atoms with E-state index in [-0.39, 0.29) is 23.7 Å². The lowest BCUT2D eigenvalue weighted by Gasteiger charge is -2.38. The second-order valence-corrected chi connectivity index (χ2v) is 7.53. The Hall–Kier alpha value is -2.11. The second-order valence-electron chi connectivity index (χ2n) is 7.53. The number of primary amides is 1. The standard InChI is InChI=1S/C20H32N4O2/c1-4-7-16(19(21)25)17(14-15(2)3)20(26)24-12-10-23(11-13-24)18-8-5-6-9-22-18/h5-6,8-9,15-17H,4,7,10-14H2,1-3H3,(H2,21,25). The third kappa shape index (κ3) is 5.19. The topological polar surface area (TPSA) is 79.5 Å². The molecule has 0 bridgehead atoms. The highest BCUT2D eigenvalue weighted by Gasteiger charge is 2.36. The van der Waals surface area contributed by atoms with Crippen LogP contribution in [-0.2, 0) is 9.59 Å². The zero-order valence-electron chi connectivity index (χ0n) is 16.2. The number of pyridine rings is 1. The fraction of sp³-hybridized carbons (Fsp3) is 0.650. The molecule has 6 nitrogen and oxygen atoms in total. The second kappa shape index (κ2) is 9.55. The molecule has 1 fully saturated rings. The van der Waals surface area contributed by atoms with Gasteiger partial charge in [0.2, 0.25) is 11.8 Å². The molecular formula is C20H32N4O2. The monoisotopic (exact) mass is 360 g/mol. The van der Waals surface area contributed by atoms with Crippen LogP contribution in [0.5, 0.6) is 0 Å². The molecule has 26 heavy (non-hydrogen) atoms. The minimum Gasteiger partial charge on any atom is -0.369 e. The molecule has 0 aromatic carbocycles. The van der Waals surface area contributed by atoms with Gasteiger partial charge in [0.15, 0.2) is 0 Å². The summed E-state index contributed by atoms with van der Waals surface area (Å²) in [4.78, 5) is 33.6. The van der Waals surface area contributed by atoms with Crippen molar-refractivity contribution in [1.29, 1.82) is 0 Å². The van der Waals surface area contributed by atoms with Crippen molar-refractivity contribution in [3.8, 4) is 0 Å². The summed E-state index contributed by atoms with van der Waals surface area (Å²) in [6.45, 7) is 9.02. The molecule has 0 saturated carbocycles. The van der Waals surface area contributed by atoms with Gasteiger partial charge < -0.3 is 15.5 Å². The molecular weight excluding hydrogens is 328 g/mol. The van der Waals surface area contributed by atoms with Gasteiger partial charge in [-0.25, -0.2) is 4.98 Å². The van der Waals surface area contributed by atoms with Crippen molar-refractivity contribution in [1.82, 2.24) is 9.88 Å². The maximum absolute atomic E-state index is 13.2. The van der Waals surface area contributed by atoms with Gasteiger partial charge in [-0.05, 0) is 30.9 Å². The fourth-order valence-electron chi connectivity index (χ4n) is 3.73. The number of carbonyl (C=O) groups excluding carboxylic acids is 2. The van der Waals surface area contributed by atoms with Gasteiger partial charge in [-0.2, -0.15) is 0 Å². The molecule has 1 aliphatic heterocycles. The first-order valence-corrected chi connectivity index (χ1v) is 9.68. The van der Waals surface area contributed by atoms with E-state index in [1.54, 1.807) is 6.20 Å². The minimum atomic E-state index is -0.372. The van der Waals surface area contributed by atoms with Gasteiger partial charge in [0.1, 0.15) is 5.82 Å². The molecule has 1 saturated heterocycles. The quantitative estimate of drug-likeness (QED) is 0.771. The number of nitrogens with two attached hydrogens (primary N) is 1. The average molecular weight is 361 g/mol. The lowest BCUT2D eigenvalue weighted by molar-refractivity contribution is -0.142. The predicted molar refractivity (Wildman–Crippen MR) is 104 cm³/mol. The summed E-state index contributed by atoms with van der Waals surface area (Å²) < 4.78 is 0. The number of hydrogen-bond acceptors (Lipinski definition) is 4. The third-order valence-corrected chi connectivity index (χ3v) is 5.06. The van der Waals surface area contributed by atoms with Crippen LogP contribution in [0.25, 0.3) is 0 Å². The van der Waals surface area contributed by atoms with E-state index in [0.717, 1.165) is 25.3 Å². The van der Waals surface area contributed by atoms with E-state index in [9.17, 15) is 9.59 Å². The molecule has 6 heteroatoms. The largest absolute Gasteiger partial charge is 0.369 e. The lowest BCUT2D eigenvalue weighted by atomic mass is 9.81. The maximum Gasteiger partial charge on any atom is 0.226 e. The summed E-state index contributed by atoms with van der Waals surface area (Å²) >= 11 is 0. The Labute approximate surface area is 156 Å². The molecule has 144 valence electrons. The number of anilines is 1. The molecule has 0 radical (unpaired) electrons. The first kappa shape index (κ1) is 20.2. The van der Waals surface area contributed by atoms with Gasteiger partial charge in [0.05, 0.1) is 0 Å². The van der Waals surface area contributed by atoms with Crippen molar-refractivity contribution in [2.24, 2.45) is 23.5 Å². The zero-order valence-corrected chi connectivity index (χ0v) is 16.2. The number of piperazine rings is 1. The molecule has 1 aromatic heterocycles. The van der Waals surface area contributed by atoms with Crippen LogP contribution in [0.15, 0.2) is 24.4 Å². The van der Waals surface area contributed by atoms with Crippen molar-refractivity contribution >= 4 is 17.6 Å². The summed E-state index contributed by atoms with van der Waals surface area (Å²) in [7, 11) is 0. The van der Waals surface area contributed by atoms with E-state index in [1.807, 2.05) is 30.0 Å². The van der Waals surface area contributed by atoms with E-state index in [0.29, 0.717) is 31.8 Å². The van der Waals surface area contributed by atoms with Crippen molar-refractivity contribution in [3.63, 3.8) is 0 Å². The van der Waals surface area contributed by atoms with Crippen LogP contribution in [0, 0.1) is 17.8 Å². The Kier molecular flexibility index (Phi) is 7.42. The summed E-state index contributed by atoms with van der Waals surface area (Å²) in [6.07, 6.45) is 4.01. The Morgan fingerprint density at radius 1 is 1.15 bits per heavy atom. The van der Waals surface area contributed by atoms with Crippen LogP contribution in [0.1, 0.15) is 40.0 Å². The first-order valence-electron chi connectivity index (χ1n) is 9.68. The van der Waals surface area contributed by atoms with Gasteiger partial charge in [-0.15, -0.1) is 0 Å². The zero-order chi connectivity index (χ0) is 19.1.